The maximum Gasteiger partial charge on any atom is 0.311 e. The Hall–Kier alpha value is -0.690. The Labute approximate surface area is 167 Å². The van der Waals surface area contributed by atoms with Crippen LogP contribution in [0.2, 0.25) is 0 Å². The van der Waals surface area contributed by atoms with Gasteiger partial charge in [-0.2, -0.15) is 0 Å². The number of carbonyl (C=O) groups excluding carboxylic acids is 1. The van der Waals surface area contributed by atoms with E-state index in [4.69, 9.17) is 22.1 Å². The summed E-state index contributed by atoms with van der Waals surface area (Å²) in [5.74, 6) is -0.132. The fourth-order valence-corrected chi connectivity index (χ4v) is 4.75. The van der Waals surface area contributed by atoms with Crippen molar-refractivity contribution in [1.29, 1.82) is 0 Å². The molecule has 6 atom stereocenters. The van der Waals surface area contributed by atoms with Crippen LogP contribution in [-0.4, -0.2) is 37.4 Å². The molecule has 0 spiro atoms. The van der Waals surface area contributed by atoms with E-state index in [0.717, 1.165) is 32.2 Å². The molecule has 0 aromatic carbocycles. The molecule has 1 fully saturated rings. The van der Waals surface area contributed by atoms with Crippen LogP contribution in [0.1, 0.15) is 59.3 Å². The second-order valence-corrected chi connectivity index (χ2v) is 8.30. The minimum atomic E-state index is -0.455. The van der Waals surface area contributed by atoms with Crippen molar-refractivity contribution in [3.8, 4) is 0 Å². The summed E-state index contributed by atoms with van der Waals surface area (Å²) in [4.78, 5) is 12.0. The first-order chi connectivity index (χ1) is 12.9. The van der Waals surface area contributed by atoms with Gasteiger partial charge in [0.25, 0.3) is 0 Å². The van der Waals surface area contributed by atoms with Gasteiger partial charge in [0.15, 0.2) is 0 Å². The first kappa shape index (κ1) is 22.6. The van der Waals surface area contributed by atoms with Gasteiger partial charge in [-0.05, 0) is 64.3 Å². The normalized spacial score (nSPS) is 29.9. The highest BCUT2D eigenvalue weighted by atomic mass is 35.5. The summed E-state index contributed by atoms with van der Waals surface area (Å²) in [6, 6.07) is 0.465. The first-order valence-corrected chi connectivity index (χ1v) is 10.7. The van der Waals surface area contributed by atoms with Gasteiger partial charge in [-0.15, -0.1) is 0 Å². The molecule has 156 valence electrons. The van der Waals surface area contributed by atoms with E-state index >= 15 is 0 Å². The van der Waals surface area contributed by atoms with Crippen molar-refractivity contribution >= 4 is 17.6 Å². The van der Waals surface area contributed by atoms with Crippen molar-refractivity contribution < 1.29 is 13.9 Å². The molecular weight excluding hydrogens is 369 g/mol. The van der Waals surface area contributed by atoms with E-state index in [1.807, 2.05) is 0 Å². The molecule has 0 amide bonds. The first-order valence-electron chi connectivity index (χ1n) is 10.3. The SMILES string of the molecule is CCOC(=O)C(C)C(N)NC(CC)C1CCCNC1C1CCC(F)=C(Cl)C1. The number of esters is 1. The molecular formula is C20H35ClFN3O2. The predicted octanol–water partition coefficient (Wildman–Crippen LogP) is 3.43. The third-order valence-electron chi connectivity index (χ3n) is 6.09. The number of nitrogens with one attached hydrogen (secondary N) is 2. The summed E-state index contributed by atoms with van der Waals surface area (Å²) in [5.41, 5.74) is 6.29. The molecule has 1 saturated heterocycles. The molecule has 0 aromatic rings. The van der Waals surface area contributed by atoms with Crippen molar-refractivity contribution in [3.05, 3.63) is 10.9 Å². The maximum atomic E-state index is 13.7. The number of ether oxygens (including phenoxy) is 1. The molecule has 6 unspecified atom stereocenters. The average Bonchev–Trinajstić information content (AvgIpc) is 2.67. The van der Waals surface area contributed by atoms with Gasteiger partial charge in [0.05, 0.1) is 18.7 Å². The molecule has 0 saturated carbocycles. The Bertz CT molecular complexity index is 531. The van der Waals surface area contributed by atoms with Crippen molar-refractivity contribution in [2.45, 2.75) is 77.5 Å². The number of nitrogens with two attached hydrogens (primary N) is 1. The van der Waals surface area contributed by atoms with Crippen LogP contribution in [0.25, 0.3) is 0 Å². The highest BCUT2D eigenvalue weighted by Crippen LogP contribution is 2.39. The molecule has 1 aliphatic heterocycles. The molecule has 2 rings (SSSR count). The van der Waals surface area contributed by atoms with E-state index in [-0.39, 0.29) is 23.9 Å². The van der Waals surface area contributed by atoms with E-state index in [1.165, 1.54) is 0 Å². The molecule has 1 heterocycles. The lowest BCUT2D eigenvalue weighted by molar-refractivity contribution is -0.148. The maximum absolute atomic E-state index is 13.7. The van der Waals surface area contributed by atoms with E-state index in [1.54, 1.807) is 13.8 Å². The summed E-state index contributed by atoms with van der Waals surface area (Å²) in [5, 5.41) is 7.52. The summed E-state index contributed by atoms with van der Waals surface area (Å²) in [7, 11) is 0. The summed E-state index contributed by atoms with van der Waals surface area (Å²) < 4.78 is 18.8. The quantitative estimate of drug-likeness (QED) is 0.427. The van der Waals surface area contributed by atoms with Gasteiger partial charge in [0.2, 0.25) is 0 Å². The van der Waals surface area contributed by atoms with Crippen LogP contribution >= 0.6 is 11.6 Å². The number of rotatable bonds is 8. The van der Waals surface area contributed by atoms with Gasteiger partial charge in [0.1, 0.15) is 5.83 Å². The third kappa shape index (κ3) is 5.89. The van der Waals surface area contributed by atoms with Gasteiger partial charge in [-0.1, -0.05) is 18.5 Å². The largest absolute Gasteiger partial charge is 0.466 e. The monoisotopic (exact) mass is 403 g/mol. The Kier molecular flexibility index (Phi) is 8.99. The molecule has 0 aromatic heterocycles. The molecule has 27 heavy (non-hydrogen) atoms. The van der Waals surface area contributed by atoms with Crippen molar-refractivity contribution in [2.24, 2.45) is 23.5 Å². The molecule has 1 aliphatic carbocycles. The van der Waals surface area contributed by atoms with E-state index < -0.39 is 12.1 Å². The summed E-state index contributed by atoms with van der Waals surface area (Å²) in [6.45, 7) is 7.06. The van der Waals surface area contributed by atoms with Crippen molar-refractivity contribution in [3.63, 3.8) is 0 Å². The zero-order valence-corrected chi connectivity index (χ0v) is 17.5. The standard InChI is InChI=1S/C20H35ClFN3O2/c1-4-17(25-19(23)12(3)20(26)27-5-2)14-7-6-10-24-18(14)13-8-9-16(22)15(21)11-13/h12-14,17-19,24-25H,4-11,23H2,1-3H3. The Morgan fingerprint density at radius 3 is 2.81 bits per heavy atom. The minimum absolute atomic E-state index is 0.157. The van der Waals surface area contributed by atoms with Crippen LogP contribution in [0.3, 0.4) is 0 Å². The molecule has 2 aliphatic rings. The Balaban J connectivity index is 2.05. The van der Waals surface area contributed by atoms with Crippen LogP contribution in [0.15, 0.2) is 10.9 Å². The average molecular weight is 404 g/mol. The second-order valence-electron chi connectivity index (χ2n) is 7.85. The van der Waals surface area contributed by atoms with Gasteiger partial charge >= 0.3 is 5.97 Å². The minimum Gasteiger partial charge on any atom is -0.466 e. The zero-order valence-electron chi connectivity index (χ0n) is 16.8. The number of halogens is 2. The molecule has 0 radical (unpaired) electrons. The van der Waals surface area contributed by atoms with Crippen LogP contribution in [-0.2, 0) is 9.53 Å². The number of hydrogen-bond acceptors (Lipinski definition) is 5. The van der Waals surface area contributed by atoms with Crippen LogP contribution in [0.4, 0.5) is 4.39 Å². The van der Waals surface area contributed by atoms with Gasteiger partial charge in [0, 0.05) is 23.5 Å². The lowest BCUT2D eigenvalue weighted by atomic mass is 9.73. The Morgan fingerprint density at radius 1 is 1.44 bits per heavy atom. The number of carbonyl (C=O) groups is 1. The number of hydrogen-bond donors (Lipinski definition) is 3. The van der Waals surface area contributed by atoms with Gasteiger partial charge in [-0.3, -0.25) is 10.1 Å². The number of piperidine rings is 1. The van der Waals surface area contributed by atoms with E-state index in [9.17, 15) is 9.18 Å². The van der Waals surface area contributed by atoms with Gasteiger partial charge < -0.3 is 15.8 Å². The topological polar surface area (TPSA) is 76.4 Å². The lowest BCUT2D eigenvalue weighted by Gasteiger charge is -2.44. The summed E-state index contributed by atoms with van der Waals surface area (Å²) >= 11 is 6.12. The zero-order chi connectivity index (χ0) is 20.0. The smallest absolute Gasteiger partial charge is 0.311 e. The second kappa shape index (κ2) is 10.7. The van der Waals surface area contributed by atoms with E-state index in [0.29, 0.717) is 36.3 Å². The van der Waals surface area contributed by atoms with Crippen LogP contribution in [0, 0.1) is 17.8 Å². The fourth-order valence-electron chi connectivity index (χ4n) is 4.46. The van der Waals surface area contributed by atoms with Crippen LogP contribution in [0.5, 0.6) is 0 Å². The number of allylic oxidation sites excluding steroid dienone is 2. The Morgan fingerprint density at radius 2 is 2.19 bits per heavy atom. The predicted molar refractivity (Wildman–Crippen MR) is 107 cm³/mol. The summed E-state index contributed by atoms with van der Waals surface area (Å²) in [6.07, 6.45) is 4.50. The third-order valence-corrected chi connectivity index (χ3v) is 6.45. The van der Waals surface area contributed by atoms with Gasteiger partial charge in [-0.25, -0.2) is 4.39 Å². The van der Waals surface area contributed by atoms with Crippen molar-refractivity contribution in [2.75, 3.05) is 13.2 Å². The molecule has 7 heteroatoms. The van der Waals surface area contributed by atoms with Crippen LogP contribution < -0.4 is 16.4 Å². The van der Waals surface area contributed by atoms with Crippen molar-refractivity contribution in [1.82, 2.24) is 10.6 Å². The molecule has 4 N–H and O–H groups in total. The molecule has 0 bridgehead atoms. The molecule has 5 nitrogen and oxygen atoms in total. The fraction of sp³-hybridized carbons (Fsp3) is 0.850. The highest BCUT2D eigenvalue weighted by Gasteiger charge is 2.38. The highest BCUT2D eigenvalue weighted by molar-refractivity contribution is 6.29. The van der Waals surface area contributed by atoms with E-state index in [2.05, 4.69) is 17.6 Å². The lowest BCUT2D eigenvalue weighted by Crippen LogP contribution is -2.58.